The van der Waals surface area contributed by atoms with Crippen molar-refractivity contribution in [3.8, 4) is 0 Å². The van der Waals surface area contributed by atoms with Crippen LogP contribution in [0.2, 0.25) is 0 Å². The van der Waals surface area contributed by atoms with Gasteiger partial charge in [0.2, 0.25) is 0 Å². The molecule has 0 saturated heterocycles. The largest absolute Gasteiger partial charge is 0.318 e. The minimum absolute atomic E-state index is 0.671. The maximum absolute atomic E-state index is 3.23. The Labute approximate surface area is 83.1 Å². The Bertz CT molecular complexity index is 115. The van der Waals surface area contributed by atoms with Gasteiger partial charge in [-0.1, -0.05) is 6.92 Å². The molecule has 0 aromatic rings. The predicted molar refractivity (Wildman–Crippen MR) is 59.2 cm³/mol. The number of nitrogens with one attached hydrogen (secondary N) is 1. The normalized spacial score (nSPS) is 14.1. The standard InChI is InChI=1S/C10H25N3/c1-6-10(9-11-2)13(5)8-7-12(3)4/h10-11H,6-9H2,1-5H3. The van der Waals surface area contributed by atoms with Crippen LogP contribution in [0.4, 0.5) is 0 Å². The Kier molecular flexibility index (Phi) is 7.23. The molecule has 80 valence electrons. The summed E-state index contributed by atoms with van der Waals surface area (Å²) in [4.78, 5) is 4.65. The Morgan fingerprint density at radius 2 is 1.77 bits per heavy atom. The molecule has 1 N–H and O–H groups in total. The molecule has 0 spiro atoms. The molecule has 1 unspecified atom stereocenters. The van der Waals surface area contributed by atoms with Gasteiger partial charge in [-0.25, -0.2) is 0 Å². The van der Waals surface area contributed by atoms with E-state index in [0.29, 0.717) is 6.04 Å². The lowest BCUT2D eigenvalue weighted by Gasteiger charge is -2.28. The first-order chi connectivity index (χ1) is 6.11. The number of hydrogen-bond acceptors (Lipinski definition) is 3. The van der Waals surface area contributed by atoms with Crippen molar-refractivity contribution in [3.05, 3.63) is 0 Å². The molecule has 0 rings (SSSR count). The summed E-state index contributed by atoms with van der Waals surface area (Å²) in [5, 5.41) is 3.23. The van der Waals surface area contributed by atoms with Gasteiger partial charge in [-0.15, -0.1) is 0 Å². The Balaban J connectivity index is 3.69. The summed E-state index contributed by atoms with van der Waals surface area (Å²) in [6, 6.07) is 0.671. The van der Waals surface area contributed by atoms with Crippen LogP contribution in [0.15, 0.2) is 0 Å². The van der Waals surface area contributed by atoms with Crippen molar-refractivity contribution in [2.24, 2.45) is 0 Å². The van der Waals surface area contributed by atoms with Gasteiger partial charge in [-0.2, -0.15) is 0 Å². The topological polar surface area (TPSA) is 18.5 Å². The summed E-state index contributed by atoms with van der Waals surface area (Å²) in [5.74, 6) is 0. The minimum atomic E-state index is 0.671. The van der Waals surface area contributed by atoms with Crippen LogP contribution in [0.3, 0.4) is 0 Å². The molecular weight excluding hydrogens is 162 g/mol. The van der Waals surface area contributed by atoms with Crippen molar-refractivity contribution in [1.82, 2.24) is 15.1 Å². The lowest BCUT2D eigenvalue weighted by atomic mass is 10.2. The van der Waals surface area contributed by atoms with E-state index in [1.54, 1.807) is 0 Å². The van der Waals surface area contributed by atoms with E-state index in [1.807, 2.05) is 7.05 Å². The van der Waals surface area contributed by atoms with Gasteiger partial charge in [0, 0.05) is 25.7 Å². The first-order valence-corrected chi connectivity index (χ1v) is 5.11. The quantitative estimate of drug-likeness (QED) is 0.625. The van der Waals surface area contributed by atoms with E-state index in [0.717, 1.165) is 19.6 Å². The summed E-state index contributed by atoms with van der Waals surface area (Å²) >= 11 is 0. The lowest BCUT2D eigenvalue weighted by molar-refractivity contribution is 0.210. The molecule has 0 bridgehead atoms. The second kappa shape index (κ2) is 7.30. The number of hydrogen-bond donors (Lipinski definition) is 1. The molecule has 0 amide bonds. The zero-order chi connectivity index (χ0) is 10.3. The van der Waals surface area contributed by atoms with Crippen molar-refractivity contribution >= 4 is 0 Å². The van der Waals surface area contributed by atoms with Gasteiger partial charge in [0.25, 0.3) is 0 Å². The average Bonchev–Trinajstić information content (AvgIpc) is 2.10. The highest BCUT2D eigenvalue weighted by molar-refractivity contribution is 4.69. The predicted octanol–water partition coefficient (Wildman–Crippen LogP) is 0.478. The van der Waals surface area contributed by atoms with Crippen LogP contribution in [0, 0.1) is 0 Å². The monoisotopic (exact) mass is 187 g/mol. The fourth-order valence-electron chi connectivity index (χ4n) is 1.39. The summed E-state index contributed by atoms with van der Waals surface area (Å²) in [6.07, 6.45) is 1.21. The van der Waals surface area contributed by atoms with Gasteiger partial charge in [-0.3, -0.25) is 0 Å². The van der Waals surface area contributed by atoms with Crippen molar-refractivity contribution in [2.45, 2.75) is 19.4 Å². The van der Waals surface area contributed by atoms with Crippen molar-refractivity contribution in [3.63, 3.8) is 0 Å². The van der Waals surface area contributed by atoms with Crippen LogP contribution in [-0.4, -0.2) is 63.7 Å². The van der Waals surface area contributed by atoms with Crippen molar-refractivity contribution < 1.29 is 0 Å². The molecule has 0 radical (unpaired) electrons. The fraction of sp³-hybridized carbons (Fsp3) is 1.00. The number of rotatable bonds is 7. The van der Waals surface area contributed by atoms with E-state index in [1.165, 1.54) is 6.42 Å². The lowest BCUT2D eigenvalue weighted by Crippen LogP contribution is -2.41. The summed E-state index contributed by atoms with van der Waals surface area (Å²) in [7, 11) is 8.46. The highest BCUT2D eigenvalue weighted by atomic mass is 15.2. The first-order valence-electron chi connectivity index (χ1n) is 5.11. The molecule has 0 aliphatic carbocycles. The zero-order valence-electron chi connectivity index (χ0n) is 9.80. The molecule has 3 nitrogen and oxygen atoms in total. The van der Waals surface area contributed by atoms with Crippen molar-refractivity contribution in [2.75, 3.05) is 47.8 Å². The molecular formula is C10H25N3. The minimum Gasteiger partial charge on any atom is -0.318 e. The van der Waals surface area contributed by atoms with Crippen LogP contribution in [0.1, 0.15) is 13.3 Å². The fourth-order valence-corrected chi connectivity index (χ4v) is 1.39. The van der Waals surface area contributed by atoms with E-state index in [2.05, 4.69) is 43.2 Å². The van der Waals surface area contributed by atoms with E-state index in [4.69, 9.17) is 0 Å². The molecule has 0 aliphatic rings. The van der Waals surface area contributed by atoms with Crippen molar-refractivity contribution in [1.29, 1.82) is 0 Å². The molecule has 0 fully saturated rings. The molecule has 0 aromatic carbocycles. The molecule has 13 heavy (non-hydrogen) atoms. The smallest absolute Gasteiger partial charge is 0.0215 e. The summed E-state index contributed by atoms with van der Waals surface area (Å²) in [6.45, 7) is 5.61. The molecule has 3 heteroatoms. The number of nitrogens with zero attached hydrogens (tertiary/aromatic N) is 2. The van der Waals surface area contributed by atoms with Gasteiger partial charge in [0.05, 0.1) is 0 Å². The van der Waals surface area contributed by atoms with E-state index in [-0.39, 0.29) is 0 Å². The zero-order valence-corrected chi connectivity index (χ0v) is 9.80. The van der Waals surface area contributed by atoms with Crippen LogP contribution in [0.5, 0.6) is 0 Å². The van der Waals surface area contributed by atoms with Crippen LogP contribution in [0.25, 0.3) is 0 Å². The summed E-state index contributed by atoms with van der Waals surface area (Å²) < 4.78 is 0. The van der Waals surface area contributed by atoms with Gasteiger partial charge in [0.15, 0.2) is 0 Å². The molecule has 1 atom stereocenters. The second-order valence-electron chi connectivity index (χ2n) is 3.90. The van der Waals surface area contributed by atoms with E-state index < -0.39 is 0 Å². The molecule has 0 aromatic heterocycles. The van der Waals surface area contributed by atoms with Gasteiger partial charge in [0.1, 0.15) is 0 Å². The number of likely N-dealkylation sites (N-methyl/N-ethyl adjacent to an activating group) is 3. The van der Waals surface area contributed by atoms with Crippen LogP contribution >= 0.6 is 0 Å². The van der Waals surface area contributed by atoms with E-state index >= 15 is 0 Å². The van der Waals surface area contributed by atoms with Gasteiger partial charge < -0.3 is 15.1 Å². The average molecular weight is 187 g/mol. The Morgan fingerprint density at radius 1 is 1.15 bits per heavy atom. The molecule has 0 heterocycles. The van der Waals surface area contributed by atoms with Gasteiger partial charge in [-0.05, 0) is 34.6 Å². The highest BCUT2D eigenvalue weighted by Crippen LogP contribution is 1.99. The third-order valence-electron chi connectivity index (χ3n) is 2.43. The molecule has 0 saturated carbocycles. The Hall–Kier alpha value is -0.120. The second-order valence-corrected chi connectivity index (χ2v) is 3.90. The molecule has 0 aliphatic heterocycles. The highest BCUT2D eigenvalue weighted by Gasteiger charge is 2.10. The van der Waals surface area contributed by atoms with Gasteiger partial charge >= 0.3 is 0 Å². The maximum atomic E-state index is 3.23. The third kappa shape index (κ3) is 6.02. The summed E-state index contributed by atoms with van der Waals surface area (Å²) in [5.41, 5.74) is 0. The van der Waals surface area contributed by atoms with E-state index in [9.17, 15) is 0 Å². The van der Waals surface area contributed by atoms with Crippen LogP contribution < -0.4 is 5.32 Å². The Morgan fingerprint density at radius 3 is 2.15 bits per heavy atom. The first kappa shape index (κ1) is 12.9. The maximum Gasteiger partial charge on any atom is 0.0215 e. The third-order valence-corrected chi connectivity index (χ3v) is 2.43. The SMILES string of the molecule is CCC(CNC)N(C)CCN(C)C. The van der Waals surface area contributed by atoms with Crippen LogP contribution in [-0.2, 0) is 0 Å².